The van der Waals surface area contributed by atoms with E-state index >= 15 is 0 Å². The number of anilines is 1. The second-order valence-corrected chi connectivity index (χ2v) is 7.55. The maximum Gasteiger partial charge on any atom is 0.225 e. The van der Waals surface area contributed by atoms with E-state index in [1.54, 1.807) is 30.3 Å². The smallest absolute Gasteiger partial charge is 0.225 e. The van der Waals surface area contributed by atoms with E-state index in [4.69, 9.17) is 16.3 Å². The second kappa shape index (κ2) is 10.7. The molecule has 1 aromatic heterocycles. The van der Waals surface area contributed by atoms with Crippen molar-refractivity contribution in [3.8, 4) is 5.75 Å². The molecule has 1 amide bonds. The van der Waals surface area contributed by atoms with Crippen LogP contribution in [0.25, 0.3) is 0 Å². The zero-order valence-electron chi connectivity index (χ0n) is 15.8. The highest BCUT2D eigenvalue weighted by Crippen LogP contribution is 2.21. The third-order valence-electron chi connectivity index (χ3n) is 3.90. The summed E-state index contributed by atoms with van der Waals surface area (Å²) in [6, 6.07) is 16.5. The molecule has 0 radical (unpaired) electrons. The van der Waals surface area contributed by atoms with Gasteiger partial charge in [-0.2, -0.15) is 0 Å². The van der Waals surface area contributed by atoms with Crippen LogP contribution in [0.4, 0.5) is 5.69 Å². The first-order chi connectivity index (χ1) is 14.2. The number of para-hydroxylation sites is 1. The summed E-state index contributed by atoms with van der Waals surface area (Å²) < 4.78 is 7.70. The molecular weight excluding hydrogens is 408 g/mol. The van der Waals surface area contributed by atoms with Crippen molar-refractivity contribution in [1.29, 1.82) is 0 Å². The van der Waals surface area contributed by atoms with Gasteiger partial charge < -0.3 is 10.1 Å². The molecule has 0 saturated carbocycles. The number of carbonyl (C=O) groups excluding carboxylic acids is 1. The summed E-state index contributed by atoms with van der Waals surface area (Å²) in [6.45, 7) is 4.63. The Hall–Kier alpha value is -2.77. The van der Waals surface area contributed by atoms with Crippen LogP contribution in [-0.4, -0.2) is 26.4 Å². The molecule has 3 aromatic rings. The Bertz CT molecular complexity index is 945. The van der Waals surface area contributed by atoms with Crippen LogP contribution < -0.4 is 10.1 Å². The highest BCUT2D eigenvalue weighted by molar-refractivity contribution is 7.99. The first-order valence-electron chi connectivity index (χ1n) is 9.05. The van der Waals surface area contributed by atoms with Crippen molar-refractivity contribution in [3.63, 3.8) is 0 Å². The lowest BCUT2D eigenvalue weighted by atomic mass is 10.3. The van der Waals surface area contributed by atoms with Gasteiger partial charge in [-0.25, -0.2) is 0 Å². The van der Waals surface area contributed by atoms with Gasteiger partial charge >= 0.3 is 0 Å². The number of nitrogens with one attached hydrogen (secondary N) is 1. The number of benzene rings is 2. The minimum atomic E-state index is -0.0372. The number of halogens is 1. The standard InChI is InChI=1S/C21H21ClN4O2S/c1-2-13-26-19(15-28-18-10-8-16(22)9-11-18)24-25-21(26)29-14-12-20(27)23-17-6-4-3-5-7-17/h2-11H,1,12-15H2,(H,23,27). The average molecular weight is 429 g/mol. The van der Waals surface area contributed by atoms with Crippen LogP contribution in [0.2, 0.25) is 5.02 Å². The molecule has 3 rings (SSSR count). The SMILES string of the molecule is C=CCn1c(COc2ccc(Cl)cc2)nnc1SCCC(=O)Nc1ccccc1. The zero-order chi connectivity index (χ0) is 20.5. The van der Waals surface area contributed by atoms with E-state index in [1.165, 1.54) is 11.8 Å². The molecule has 0 aliphatic rings. The van der Waals surface area contributed by atoms with Gasteiger partial charge in [0.1, 0.15) is 12.4 Å². The summed E-state index contributed by atoms with van der Waals surface area (Å²) in [7, 11) is 0. The number of nitrogens with zero attached hydrogens (tertiary/aromatic N) is 3. The fourth-order valence-electron chi connectivity index (χ4n) is 2.50. The molecule has 0 saturated heterocycles. The Morgan fingerprint density at radius 2 is 1.93 bits per heavy atom. The van der Waals surface area contributed by atoms with E-state index < -0.39 is 0 Å². The van der Waals surface area contributed by atoms with Crippen molar-refractivity contribution in [3.05, 3.63) is 78.1 Å². The molecule has 0 aliphatic heterocycles. The Morgan fingerprint density at radius 1 is 1.17 bits per heavy atom. The van der Waals surface area contributed by atoms with E-state index in [0.717, 1.165) is 10.8 Å². The molecule has 0 atom stereocenters. The lowest BCUT2D eigenvalue weighted by Gasteiger charge is -2.09. The number of ether oxygens (including phenoxy) is 1. The number of carbonyl (C=O) groups is 1. The molecule has 8 heteroatoms. The molecule has 0 bridgehead atoms. The lowest BCUT2D eigenvalue weighted by Crippen LogP contribution is -2.12. The van der Waals surface area contributed by atoms with E-state index in [9.17, 15) is 4.79 Å². The largest absolute Gasteiger partial charge is 0.486 e. The van der Waals surface area contributed by atoms with Crippen LogP contribution in [0.15, 0.2) is 72.4 Å². The number of hydrogen-bond donors (Lipinski definition) is 1. The number of rotatable bonds is 10. The lowest BCUT2D eigenvalue weighted by molar-refractivity contribution is -0.115. The van der Waals surface area contributed by atoms with E-state index in [2.05, 4.69) is 22.1 Å². The minimum Gasteiger partial charge on any atom is -0.486 e. The van der Waals surface area contributed by atoms with Gasteiger partial charge in [-0.15, -0.1) is 16.8 Å². The highest BCUT2D eigenvalue weighted by atomic mass is 35.5. The molecule has 1 heterocycles. The monoisotopic (exact) mass is 428 g/mol. The molecule has 0 fully saturated rings. The predicted octanol–water partition coefficient (Wildman–Crippen LogP) is 4.82. The summed E-state index contributed by atoms with van der Waals surface area (Å²) in [5, 5.41) is 12.7. The van der Waals surface area contributed by atoms with Crippen molar-refractivity contribution in [2.75, 3.05) is 11.1 Å². The van der Waals surface area contributed by atoms with Gasteiger partial charge in [0.05, 0.1) is 0 Å². The summed E-state index contributed by atoms with van der Waals surface area (Å²) >= 11 is 7.37. The van der Waals surface area contributed by atoms with Crippen molar-refractivity contribution in [1.82, 2.24) is 14.8 Å². The maximum atomic E-state index is 12.1. The Kier molecular flexibility index (Phi) is 7.72. The van der Waals surface area contributed by atoms with E-state index in [-0.39, 0.29) is 12.5 Å². The Morgan fingerprint density at radius 3 is 2.66 bits per heavy atom. The normalized spacial score (nSPS) is 10.5. The van der Waals surface area contributed by atoms with Crippen molar-refractivity contribution in [2.24, 2.45) is 0 Å². The molecular formula is C21H21ClN4O2S. The van der Waals surface area contributed by atoms with Crippen molar-refractivity contribution < 1.29 is 9.53 Å². The predicted molar refractivity (Wildman–Crippen MR) is 116 cm³/mol. The Labute approximate surface area is 178 Å². The van der Waals surface area contributed by atoms with E-state index in [0.29, 0.717) is 35.3 Å². The van der Waals surface area contributed by atoms with E-state index in [1.807, 2.05) is 34.9 Å². The van der Waals surface area contributed by atoms with Gasteiger partial charge in [0, 0.05) is 29.4 Å². The fraction of sp³-hybridized carbons (Fsp3) is 0.190. The number of amides is 1. The van der Waals surface area contributed by atoms with Crippen LogP contribution in [0, 0.1) is 0 Å². The molecule has 0 aliphatic carbocycles. The quantitative estimate of drug-likeness (QED) is 0.370. The summed E-state index contributed by atoms with van der Waals surface area (Å²) in [6.07, 6.45) is 2.15. The molecule has 0 spiro atoms. The van der Waals surface area contributed by atoms with Gasteiger partial charge in [-0.05, 0) is 36.4 Å². The van der Waals surface area contributed by atoms with Crippen LogP contribution in [0.3, 0.4) is 0 Å². The van der Waals surface area contributed by atoms with Crippen LogP contribution in [-0.2, 0) is 17.9 Å². The molecule has 6 nitrogen and oxygen atoms in total. The topological polar surface area (TPSA) is 69.0 Å². The van der Waals surface area contributed by atoms with Gasteiger partial charge in [0.25, 0.3) is 0 Å². The summed E-state index contributed by atoms with van der Waals surface area (Å²) in [4.78, 5) is 12.1. The van der Waals surface area contributed by atoms with Crippen molar-refractivity contribution in [2.45, 2.75) is 24.7 Å². The summed E-state index contributed by atoms with van der Waals surface area (Å²) in [5.74, 6) is 1.95. The average Bonchev–Trinajstić information content (AvgIpc) is 3.10. The van der Waals surface area contributed by atoms with Gasteiger partial charge in [0.15, 0.2) is 11.0 Å². The molecule has 29 heavy (non-hydrogen) atoms. The first-order valence-corrected chi connectivity index (χ1v) is 10.4. The van der Waals surface area contributed by atoms with Gasteiger partial charge in [-0.3, -0.25) is 9.36 Å². The summed E-state index contributed by atoms with van der Waals surface area (Å²) in [5.41, 5.74) is 0.791. The number of hydrogen-bond acceptors (Lipinski definition) is 5. The second-order valence-electron chi connectivity index (χ2n) is 6.05. The molecule has 0 unspecified atom stereocenters. The third kappa shape index (κ3) is 6.37. The number of thioether (sulfide) groups is 1. The van der Waals surface area contributed by atoms with Crippen LogP contribution >= 0.6 is 23.4 Å². The molecule has 2 aromatic carbocycles. The molecule has 150 valence electrons. The number of allylic oxidation sites excluding steroid dienone is 1. The number of aromatic nitrogens is 3. The maximum absolute atomic E-state index is 12.1. The van der Waals surface area contributed by atoms with Crippen LogP contribution in [0.5, 0.6) is 5.75 Å². The molecule has 1 N–H and O–H groups in total. The van der Waals surface area contributed by atoms with Crippen molar-refractivity contribution >= 4 is 35.0 Å². The first kappa shape index (κ1) is 21.0. The van der Waals surface area contributed by atoms with Crippen LogP contribution in [0.1, 0.15) is 12.2 Å². The Balaban J connectivity index is 1.54. The van der Waals surface area contributed by atoms with Gasteiger partial charge in [0.2, 0.25) is 5.91 Å². The third-order valence-corrected chi connectivity index (χ3v) is 5.12. The van der Waals surface area contributed by atoms with Gasteiger partial charge in [-0.1, -0.05) is 47.6 Å². The highest BCUT2D eigenvalue weighted by Gasteiger charge is 2.13. The zero-order valence-corrected chi connectivity index (χ0v) is 17.3. The fourth-order valence-corrected chi connectivity index (χ4v) is 3.53. The minimum absolute atomic E-state index is 0.0372.